The van der Waals surface area contributed by atoms with Crippen LogP contribution in [0, 0.1) is 18.7 Å². The van der Waals surface area contributed by atoms with Gasteiger partial charge in [0.2, 0.25) is 0 Å². The lowest BCUT2D eigenvalue weighted by atomic mass is 10.0. The molecule has 0 N–H and O–H groups in total. The Labute approximate surface area is 259 Å². The van der Waals surface area contributed by atoms with Gasteiger partial charge in [-0.2, -0.15) is 23.7 Å². The lowest BCUT2D eigenvalue weighted by Gasteiger charge is -2.23. The van der Waals surface area contributed by atoms with E-state index in [9.17, 15) is 18.8 Å². The monoisotopic (exact) mass is 635 g/mol. The zero-order valence-corrected chi connectivity index (χ0v) is 26.9. The van der Waals surface area contributed by atoms with Crippen molar-refractivity contribution >= 4 is 40.8 Å². The molecule has 0 saturated heterocycles. The van der Waals surface area contributed by atoms with Gasteiger partial charge in [0.15, 0.2) is 5.78 Å². The molecule has 0 radical (unpaired) electrons. The Morgan fingerprint density at radius 2 is 1.79 bits per heavy atom. The zero-order chi connectivity index (χ0) is 30.6. The molecule has 4 rings (SSSR count). The number of carbonyl (C=O) groups excluding carboxylic acids is 1. The summed E-state index contributed by atoms with van der Waals surface area (Å²) in [6, 6.07) is 3.09. The van der Waals surface area contributed by atoms with Crippen molar-refractivity contribution in [2.24, 2.45) is 5.92 Å². The first-order chi connectivity index (χ1) is 20.1. The van der Waals surface area contributed by atoms with Gasteiger partial charge in [0, 0.05) is 37.9 Å². The summed E-state index contributed by atoms with van der Waals surface area (Å²) < 4.78 is 33.8. The molecule has 234 valence electrons. The number of nitrogens with zero attached hydrogens (tertiary/aromatic N) is 5. The highest BCUT2D eigenvalue weighted by Gasteiger charge is 2.29. The van der Waals surface area contributed by atoms with Crippen molar-refractivity contribution in [3.63, 3.8) is 0 Å². The summed E-state index contributed by atoms with van der Waals surface area (Å²) in [4.78, 5) is 43.0. The number of methoxy groups -OCH3 is 2. The molecule has 0 unspecified atom stereocenters. The zero-order valence-electron chi connectivity index (χ0n) is 25.1. The van der Waals surface area contributed by atoms with Crippen LogP contribution in [0.2, 0.25) is 0 Å². The van der Waals surface area contributed by atoms with Crippen molar-refractivity contribution in [1.29, 1.82) is 0 Å². The Morgan fingerprint density at radius 3 is 2.42 bits per heavy atom. The molecule has 3 aromatic heterocycles. The molecule has 0 saturated carbocycles. The van der Waals surface area contributed by atoms with Gasteiger partial charge in [-0.15, -0.1) is 4.80 Å². The third-order valence-electron chi connectivity index (χ3n) is 6.98. The topological polar surface area (TPSA) is 119 Å². The van der Waals surface area contributed by atoms with Crippen LogP contribution in [0.3, 0.4) is 0 Å². The largest absolute Gasteiger partial charge is 0.496 e. The number of ketones is 1. The van der Waals surface area contributed by atoms with Gasteiger partial charge < -0.3 is 14.2 Å². The average molecular weight is 636 g/mol. The van der Waals surface area contributed by atoms with E-state index < -0.39 is 29.2 Å². The summed E-state index contributed by atoms with van der Waals surface area (Å²) in [5.41, 5.74) is -0.259. The van der Waals surface area contributed by atoms with Gasteiger partial charge in [0.25, 0.3) is 5.56 Å². The van der Waals surface area contributed by atoms with Crippen LogP contribution in [0.5, 0.6) is 5.75 Å². The molecule has 0 amide bonds. The van der Waals surface area contributed by atoms with Crippen LogP contribution in [-0.2, 0) is 20.8 Å². The van der Waals surface area contributed by atoms with E-state index in [2.05, 4.69) is 10.2 Å². The number of carbonyl (C=O) groups is 1. The molecular weight excluding hydrogens is 597 g/mol. The molecule has 43 heavy (non-hydrogen) atoms. The van der Waals surface area contributed by atoms with E-state index in [0.717, 1.165) is 4.57 Å². The van der Waals surface area contributed by atoms with Gasteiger partial charge in [0.1, 0.15) is 27.5 Å². The maximum Gasteiger partial charge on any atom is 0.332 e. The van der Waals surface area contributed by atoms with Crippen molar-refractivity contribution < 1.29 is 23.4 Å². The molecule has 3 heterocycles. The van der Waals surface area contributed by atoms with Crippen LogP contribution >= 0.6 is 24.8 Å². The third-order valence-corrected chi connectivity index (χ3v) is 8.26. The second-order valence-corrected chi connectivity index (χ2v) is 11.4. The molecule has 0 aliphatic rings. The second-order valence-electron chi connectivity index (χ2n) is 10.4. The number of ether oxygens (including phenoxy) is 3. The number of aromatic nitrogens is 5. The highest BCUT2D eigenvalue weighted by atomic mass is 32.1. The Morgan fingerprint density at radius 1 is 1.09 bits per heavy atom. The van der Waals surface area contributed by atoms with Gasteiger partial charge in [-0.05, 0) is 44.4 Å². The van der Waals surface area contributed by atoms with Crippen LogP contribution in [0.1, 0.15) is 56.9 Å². The number of halogens is 1. The Bertz CT molecular complexity index is 1660. The smallest absolute Gasteiger partial charge is 0.332 e. The number of thiophene rings is 1. The first kappa shape index (κ1) is 34.2. The highest BCUT2D eigenvalue weighted by Crippen LogP contribution is 2.34. The Kier molecular flexibility index (Phi) is 11.8. The van der Waals surface area contributed by atoms with Gasteiger partial charge in [-0.3, -0.25) is 14.2 Å². The van der Waals surface area contributed by atoms with Gasteiger partial charge in [0.05, 0.1) is 37.5 Å². The van der Waals surface area contributed by atoms with E-state index in [1.165, 1.54) is 58.4 Å². The normalized spacial score (nSPS) is 12.8. The van der Waals surface area contributed by atoms with E-state index >= 15 is 0 Å². The molecule has 0 fully saturated rings. The molecule has 2 atom stereocenters. The molecule has 0 bridgehead atoms. The van der Waals surface area contributed by atoms with E-state index in [0.29, 0.717) is 39.7 Å². The molecule has 0 spiro atoms. The van der Waals surface area contributed by atoms with Crippen LogP contribution in [0.4, 0.5) is 4.39 Å². The quantitative estimate of drug-likeness (QED) is 0.188. The molecule has 0 aliphatic carbocycles. The minimum absolute atomic E-state index is 0. The number of hydrogen-bond acceptors (Lipinski definition) is 9. The first-order valence-electron chi connectivity index (χ1n) is 13.7. The third kappa shape index (κ3) is 7.25. The SMILES string of the molecule is COCCCO[C@@H](Cn1c(=O)n([C@@H](C)C(=O)CC(C)C)c(=O)c2c(C)c(-n3nccn3)sc21)c1cc(F)ccc1OC.S. The standard InChI is InChI=1S/C29H36FN5O6S.H2S/c1-17(2)14-22(36)19(4)34-26(37)25-18(3)27(35-31-10-11-32-35)42-28(25)33(29(34)38)16-24(41-13-7-12-39-5)21-15-20(30)8-9-23(21)40-6;/h8-11,15,17,19,24H,7,12-14,16H2,1-6H3;1H2/t19-,24-;/m0./s1. The molecule has 1 aromatic carbocycles. The number of hydrogen-bond donors (Lipinski definition) is 0. The lowest BCUT2D eigenvalue weighted by Crippen LogP contribution is -2.44. The van der Waals surface area contributed by atoms with Crippen LogP contribution < -0.4 is 16.0 Å². The number of Topliss-reactive ketones (excluding diaryl/α,β-unsaturated/α-hetero) is 1. The fraction of sp³-hybridized carbons (Fsp3) is 0.483. The highest BCUT2D eigenvalue weighted by molar-refractivity contribution is 7.59. The molecule has 4 aromatic rings. The minimum Gasteiger partial charge on any atom is -0.496 e. The second kappa shape index (κ2) is 14.9. The summed E-state index contributed by atoms with van der Waals surface area (Å²) in [6.07, 6.45) is 2.96. The Hall–Kier alpha value is -3.33. The maximum absolute atomic E-state index is 14.5. The summed E-state index contributed by atoms with van der Waals surface area (Å²) >= 11 is 1.18. The van der Waals surface area contributed by atoms with Gasteiger partial charge in [-0.1, -0.05) is 25.2 Å². The number of aryl methyl sites for hydroxylation is 1. The minimum atomic E-state index is -1.00. The van der Waals surface area contributed by atoms with Gasteiger partial charge in [-0.25, -0.2) is 13.8 Å². The van der Waals surface area contributed by atoms with Gasteiger partial charge >= 0.3 is 5.69 Å². The van der Waals surface area contributed by atoms with Crippen molar-refractivity contribution in [2.75, 3.05) is 27.4 Å². The van der Waals surface area contributed by atoms with E-state index in [4.69, 9.17) is 14.2 Å². The van der Waals surface area contributed by atoms with Crippen LogP contribution in [-0.4, -0.2) is 57.3 Å². The fourth-order valence-electron chi connectivity index (χ4n) is 4.88. The summed E-state index contributed by atoms with van der Waals surface area (Å²) in [7, 11) is 3.05. The van der Waals surface area contributed by atoms with Crippen molar-refractivity contribution in [3.05, 3.63) is 68.4 Å². The number of rotatable bonds is 14. The lowest BCUT2D eigenvalue weighted by molar-refractivity contribution is -0.122. The van der Waals surface area contributed by atoms with E-state index in [1.807, 2.05) is 13.8 Å². The predicted octanol–water partition coefficient (Wildman–Crippen LogP) is 4.34. The maximum atomic E-state index is 14.5. The Balaban J connectivity index is 0.00000506. The summed E-state index contributed by atoms with van der Waals surface area (Å²) in [5.74, 6) is -0.288. The molecule has 14 heteroatoms. The van der Waals surface area contributed by atoms with Crippen molar-refractivity contribution in [3.8, 4) is 10.8 Å². The molecule has 0 aliphatic heterocycles. The summed E-state index contributed by atoms with van der Waals surface area (Å²) in [5, 5.41) is 9.26. The fourth-order valence-corrected chi connectivity index (χ4v) is 6.10. The van der Waals surface area contributed by atoms with Crippen molar-refractivity contribution in [1.82, 2.24) is 24.1 Å². The average Bonchev–Trinajstić information content (AvgIpc) is 3.60. The van der Waals surface area contributed by atoms with E-state index in [-0.39, 0.29) is 50.2 Å². The molecule has 11 nitrogen and oxygen atoms in total. The number of benzene rings is 1. The summed E-state index contributed by atoms with van der Waals surface area (Å²) in [6.45, 7) is 7.74. The van der Waals surface area contributed by atoms with E-state index in [1.54, 1.807) is 21.0 Å². The van der Waals surface area contributed by atoms with Crippen molar-refractivity contribution in [2.45, 2.75) is 59.2 Å². The first-order valence-corrected chi connectivity index (χ1v) is 14.5. The molecular formula is C29H38FN5O6S2. The van der Waals surface area contributed by atoms with Crippen LogP contribution in [0.25, 0.3) is 15.2 Å². The number of fused-ring (bicyclic) bond motifs is 1. The van der Waals surface area contributed by atoms with Crippen LogP contribution in [0.15, 0.2) is 40.2 Å². The predicted molar refractivity (Wildman–Crippen MR) is 168 cm³/mol.